The smallest absolute Gasteiger partial charge is 0.251 e. The van der Waals surface area contributed by atoms with Gasteiger partial charge in [-0.3, -0.25) is 4.79 Å². The van der Waals surface area contributed by atoms with E-state index in [9.17, 15) is 9.70 Å². The Kier molecular flexibility index (Phi) is 6.96. The van der Waals surface area contributed by atoms with Gasteiger partial charge in [-0.2, -0.15) is 0 Å². The number of ether oxygens (including phenoxy) is 1. The maximum Gasteiger partial charge on any atom is 0.251 e. The number of halogens is 1. The zero-order valence-corrected chi connectivity index (χ0v) is 15.8. The van der Waals surface area contributed by atoms with Crippen molar-refractivity contribution < 1.29 is 9.53 Å². The summed E-state index contributed by atoms with van der Waals surface area (Å²) in [5.74, 6) is 0.350. The summed E-state index contributed by atoms with van der Waals surface area (Å²) >= 11 is 6.00. The van der Waals surface area contributed by atoms with Gasteiger partial charge in [0.25, 0.3) is 5.91 Å². The predicted molar refractivity (Wildman–Crippen MR) is 106 cm³/mol. The molecule has 0 aromatic heterocycles. The molecule has 5 nitrogen and oxygen atoms in total. The molecule has 3 rings (SSSR count). The minimum absolute atomic E-state index is 0.119. The number of carbonyl (C=O) groups excluding carboxylic acids is 1. The summed E-state index contributed by atoms with van der Waals surface area (Å²) < 4.78 is 6.01. The number of hydrogen-bond donors (Lipinski definition) is 1. The standard InChI is InChI=1S/C21H23ClN2O3/c22-18-3-1-2-16(12-18)14-27-20-10-4-15(5-11-20)13-23-21(25)17-6-8-19(24-26)9-7-17/h1-3,6-9,12,15,20H,4-5,10-11,13-14H2,(H,23,25). The second kappa shape index (κ2) is 9.62. The summed E-state index contributed by atoms with van der Waals surface area (Å²) in [5, 5.41) is 6.55. The third-order valence-corrected chi connectivity index (χ3v) is 5.19. The Hall–Kier alpha value is -2.24. The number of benzene rings is 2. The normalized spacial score (nSPS) is 19.4. The molecule has 0 unspecified atom stereocenters. The molecule has 0 aliphatic heterocycles. The van der Waals surface area contributed by atoms with Gasteiger partial charge in [0.1, 0.15) is 5.69 Å². The molecule has 27 heavy (non-hydrogen) atoms. The first-order chi connectivity index (χ1) is 13.1. The molecule has 2 aromatic rings. The third kappa shape index (κ3) is 5.88. The zero-order valence-electron chi connectivity index (χ0n) is 15.1. The van der Waals surface area contributed by atoms with Crippen LogP contribution in [0.1, 0.15) is 41.6 Å². The van der Waals surface area contributed by atoms with Crippen LogP contribution in [0.4, 0.5) is 5.69 Å². The van der Waals surface area contributed by atoms with E-state index >= 15 is 0 Å². The van der Waals surface area contributed by atoms with Crippen molar-refractivity contribution in [2.24, 2.45) is 11.1 Å². The lowest BCUT2D eigenvalue weighted by atomic mass is 9.87. The number of nitroso groups, excluding NO2 is 1. The second-order valence-electron chi connectivity index (χ2n) is 6.93. The highest BCUT2D eigenvalue weighted by molar-refractivity contribution is 6.30. The summed E-state index contributed by atoms with van der Waals surface area (Å²) in [7, 11) is 0. The maximum atomic E-state index is 12.2. The topological polar surface area (TPSA) is 67.8 Å². The molecule has 1 aliphatic carbocycles. The van der Waals surface area contributed by atoms with Crippen LogP contribution in [0.25, 0.3) is 0 Å². The molecule has 142 valence electrons. The van der Waals surface area contributed by atoms with Gasteiger partial charge in [0.15, 0.2) is 0 Å². The monoisotopic (exact) mass is 386 g/mol. The van der Waals surface area contributed by atoms with E-state index in [0.29, 0.717) is 30.3 Å². The van der Waals surface area contributed by atoms with Crippen LogP contribution in [0.5, 0.6) is 0 Å². The number of rotatable bonds is 7. The van der Waals surface area contributed by atoms with Crippen LogP contribution in [0, 0.1) is 10.8 Å². The maximum absolute atomic E-state index is 12.2. The van der Waals surface area contributed by atoms with Crippen molar-refractivity contribution in [3.8, 4) is 0 Å². The van der Waals surface area contributed by atoms with Crippen LogP contribution in [-0.2, 0) is 11.3 Å². The summed E-state index contributed by atoms with van der Waals surface area (Å²) in [6.07, 6.45) is 4.34. The van der Waals surface area contributed by atoms with Gasteiger partial charge in [0.2, 0.25) is 0 Å². The van der Waals surface area contributed by atoms with Gasteiger partial charge < -0.3 is 10.1 Å². The van der Waals surface area contributed by atoms with Crippen LogP contribution >= 0.6 is 11.6 Å². The largest absolute Gasteiger partial charge is 0.374 e. The van der Waals surface area contributed by atoms with Gasteiger partial charge in [0, 0.05) is 17.1 Å². The Morgan fingerprint density at radius 3 is 2.52 bits per heavy atom. The van der Waals surface area contributed by atoms with Crippen molar-refractivity contribution in [1.29, 1.82) is 0 Å². The van der Waals surface area contributed by atoms with Gasteiger partial charge in [-0.15, -0.1) is 4.91 Å². The van der Waals surface area contributed by atoms with Gasteiger partial charge in [-0.25, -0.2) is 0 Å². The van der Waals surface area contributed by atoms with Crippen molar-refractivity contribution >= 4 is 23.2 Å². The van der Waals surface area contributed by atoms with Crippen LogP contribution in [0.15, 0.2) is 53.7 Å². The highest BCUT2D eigenvalue weighted by atomic mass is 35.5. The van der Waals surface area contributed by atoms with Crippen LogP contribution in [0.3, 0.4) is 0 Å². The SMILES string of the molecule is O=Nc1ccc(C(=O)NCC2CCC(OCc3cccc(Cl)c3)CC2)cc1. The minimum Gasteiger partial charge on any atom is -0.374 e. The number of amides is 1. The Balaban J connectivity index is 1.37. The molecule has 0 atom stereocenters. The molecule has 0 saturated heterocycles. The van der Waals surface area contributed by atoms with Gasteiger partial charge in [-0.1, -0.05) is 23.7 Å². The molecule has 1 amide bonds. The van der Waals surface area contributed by atoms with Crippen molar-refractivity contribution in [3.63, 3.8) is 0 Å². The van der Waals surface area contributed by atoms with E-state index in [1.165, 1.54) is 0 Å². The first kappa shape index (κ1) is 19.5. The zero-order chi connectivity index (χ0) is 19.1. The summed E-state index contributed by atoms with van der Waals surface area (Å²) in [6, 6.07) is 14.1. The number of carbonyl (C=O) groups is 1. The fourth-order valence-electron chi connectivity index (χ4n) is 3.36. The van der Waals surface area contributed by atoms with E-state index in [2.05, 4.69) is 10.5 Å². The molecule has 1 aliphatic rings. The molecule has 1 N–H and O–H groups in total. The lowest BCUT2D eigenvalue weighted by Gasteiger charge is -2.28. The molecule has 1 fully saturated rings. The number of nitrogens with zero attached hydrogens (tertiary/aromatic N) is 1. The van der Waals surface area contributed by atoms with Gasteiger partial charge >= 0.3 is 0 Å². The second-order valence-corrected chi connectivity index (χ2v) is 7.37. The summed E-state index contributed by atoms with van der Waals surface area (Å²) in [4.78, 5) is 22.6. The molecule has 6 heteroatoms. The number of hydrogen-bond acceptors (Lipinski definition) is 4. The fraction of sp³-hybridized carbons (Fsp3) is 0.381. The van der Waals surface area contributed by atoms with Gasteiger partial charge in [-0.05, 0) is 78.7 Å². The average molecular weight is 387 g/mol. The minimum atomic E-state index is -0.119. The third-order valence-electron chi connectivity index (χ3n) is 4.95. The van der Waals surface area contributed by atoms with E-state index in [1.54, 1.807) is 24.3 Å². The lowest BCUT2D eigenvalue weighted by Crippen LogP contribution is -2.32. The Labute approximate surface area is 164 Å². The lowest BCUT2D eigenvalue weighted by molar-refractivity contribution is 0.00731. The van der Waals surface area contributed by atoms with Crippen molar-refractivity contribution in [2.75, 3.05) is 6.54 Å². The van der Waals surface area contributed by atoms with Gasteiger partial charge in [0.05, 0.1) is 12.7 Å². The van der Waals surface area contributed by atoms with E-state index in [4.69, 9.17) is 16.3 Å². The van der Waals surface area contributed by atoms with Crippen molar-refractivity contribution in [3.05, 3.63) is 69.6 Å². The predicted octanol–water partition coefficient (Wildman–Crippen LogP) is 5.24. The first-order valence-electron chi connectivity index (χ1n) is 9.21. The van der Waals surface area contributed by atoms with Crippen LogP contribution in [-0.4, -0.2) is 18.6 Å². The Bertz CT molecular complexity index is 771. The summed E-state index contributed by atoms with van der Waals surface area (Å²) in [6.45, 7) is 1.24. The molecule has 1 saturated carbocycles. The molecule has 0 bridgehead atoms. The number of nitrogens with one attached hydrogen (secondary N) is 1. The van der Waals surface area contributed by atoms with E-state index in [0.717, 1.165) is 36.3 Å². The van der Waals surface area contributed by atoms with E-state index < -0.39 is 0 Å². The molecule has 0 radical (unpaired) electrons. The highest BCUT2D eigenvalue weighted by Crippen LogP contribution is 2.27. The highest BCUT2D eigenvalue weighted by Gasteiger charge is 2.22. The van der Waals surface area contributed by atoms with E-state index in [-0.39, 0.29) is 12.0 Å². The Morgan fingerprint density at radius 2 is 1.85 bits per heavy atom. The van der Waals surface area contributed by atoms with Crippen molar-refractivity contribution in [1.82, 2.24) is 5.32 Å². The molecular formula is C21H23ClN2O3. The van der Waals surface area contributed by atoms with Crippen molar-refractivity contribution in [2.45, 2.75) is 38.4 Å². The molecule has 0 spiro atoms. The first-order valence-corrected chi connectivity index (χ1v) is 9.59. The molecular weight excluding hydrogens is 364 g/mol. The molecule has 0 heterocycles. The average Bonchev–Trinajstić information content (AvgIpc) is 2.71. The Morgan fingerprint density at radius 1 is 1.11 bits per heavy atom. The fourth-order valence-corrected chi connectivity index (χ4v) is 3.57. The summed E-state index contributed by atoms with van der Waals surface area (Å²) in [5.41, 5.74) is 1.95. The quantitative estimate of drug-likeness (QED) is 0.661. The molecule has 2 aromatic carbocycles. The van der Waals surface area contributed by atoms with Crippen LogP contribution in [0.2, 0.25) is 5.02 Å². The van der Waals surface area contributed by atoms with E-state index in [1.807, 2.05) is 24.3 Å². The van der Waals surface area contributed by atoms with Crippen LogP contribution < -0.4 is 5.32 Å².